The molecule has 1 saturated heterocycles. The van der Waals surface area contributed by atoms with Crippen molar-refractivity contribution >= 4 is 11.6 Å². The molecule has 1 fully saturated rings. The minimum absolute atomic E-state index is 0.0206. The Labute approximate surface area is 114 Å². The quantitative estimate of drug-likeness (QED) is 0.797. The average Bonchev–Trinajstić information content (AvgIpc) is 2.77. The van der Waals surface area contributed by atoms with Gasteiger partial charge in [-0.3, -0.25) is 9.69 Å². The molecule has 2 heterocycles. The average molecular weight is 259 g/mol. The summed E-state index contributed by atoms with van der Waals surface area (Å²) < 4.78 is 0. The zero-order chi connectivity index (χ0) is 13.1. The van der Waals surface area contributed by atoms with Crippen molar-refractivity contribution in [2.75, 3.05) is 31.5 Å². The fourth-order valence-corrected chi connectivity index (χ4v) is 3.03. The van der Waals surface area contributed by atoms with E-state index in [0.29, 0.717) is 0 Å². The van der Waals surface area contributed by atoms with Gasteiger partial charge in [0.2, 0.25) is 5.91 Å². The van der Waals surface area contributed by atoms with E-state index in [1.807, 2.05) is 18.2 Å². The van der Waals surface area contributed by atoms with Crippen molar-refractivity contribution in [3.8, 4) is 0 Å². The van der Waals surface area contributed by atoms with Crippen molar-refractivity contribution in [1.29, 1.82) is 0 Å². The summed E-state index contributed by atoms with van der Waals surface area (Å²) in [6, 6.07) is 8.16. The molecule has 2 aliphatic heterocycles. The highest BCUT2D eigenvalue weighted by Crippen LogP contribution is 2.23. The number of aryl methyl sites for hydroxylation is 1. The first-order valence-corrected chi connectivity index (χ1v) is 7.18. The predicted octanol–water partition coefficient (Wildman–Crippen LogP) is 1.24. The Balaban J connectivity index is 1.76. The van der Waals surface area contributed by atoms with Crippen LogP contribution in [0.5, 0.6) is 0 Å². The van der Waals surface area contributed by atoms with Gasteiger partial charge in [0.15, 0.2) is 0 Å². The van der Waals surface area contributed by atoms with Crippen LogP contribution >= 0.6 is 0 Å². The van der Waals surface area contributed by atoms with Crippen LogP contribution in [0.1, 0.15) is 18.4 Å². The number of fused-ring (bicyclic) bond motifs is 1. The minimum Gasteiger partial charge on any atom is -0.324 e. The third-order valence-electron chi connectivity index (χ3n) is 4.08. The molecule has 0 bridgehead atoms. The Morgan fingerprint density at radius 2 is 2.05 bits per heavy atom. The van der Waals surface area contributed by atoms with Gasteiger partial charge in [-0.2, -0.15) is 0 Å². The maximum Gasteiger partial charge on any atom is 0.241 e. The number of anilines is 1. The Morgan fingerprint density at radius 3 is 3.00 bits per heavy atom. The number of hydrogen-bond donors (Lipinski definition) is 2. The van der Waals surface area contributed by atoms with E-state index >= 15 is 0 Å². The minimum atomic E-state index is 0.0206. The molecule has 4 heteroatoms. The summed E-state index contributed by atoms with van der Waals surface area (Å²) in [5.74, 6) is 0.159. The van der Waals surface area contributed by atoms with Crippen LogP contribution in [0.25, 0.3) is 0 Å². The molecule has 0 unspecified atom stereocenters. The zero-order valence-corrected chi connectivity index (χ0v) is 11.2. The maximum atomic E-state index is 12.4. The lowest BCUT2D eigenvalue weighted by molar-refractivity contribution is -0.121. The van der Waals surface area contributed by atoms with E-state index in [1.165, 1.54) is 5.56 Å². The molecule has 2 aliphatic rings. The van der Waals surface area contributed by atoms with Gasteiger partial charge in [-0.05, 0) is 37.4 Å². The molecule has 2 N–H and O–H groups in total. The van der Waals surface area contributed by atoms with Crippen molar-refractivity contribution < 1.29 is 4.79 Å². The maximum absolute atomic E-state index is 12.4. The first-order chi connectivity index (χ1) is 9.34. The van der Waals surface area contributed by atoms with Crippen LogP contribution in [0.4, 0.5) is 5.69 Å². The van der Waals surface area contributed by atoms with Crippen molar-refractivity contribution in [2.24, 2.45) is 0 Å². The van der Waals surface area contributed by atoms with Crippen molar-refractivity contribution in [2.45, 2.75) is 25.3 Å². The first-order valence-electron chi connectivity index (χ1n) is 7.18. The molecule has 3 rings (SSSR count). The van der Waals surface area contributed by atoms with Gasteiger partial charge < -0.3 is 10.6 Å². The third-order valence-corrected chi connectivity index (χ3v) is 4.08. The predicted molar refractivity (Wildman–Crippen MR) is 76.2 cm³/mol. The molecule has 19 heavy (non-hydrogen) atoms. The van der Waals surface area contributed by atoms with Crippen LogP contribution in [-0.2, 0) is 11.2 Å². The van der Waals surface area contributed by atoms with Crippen LogP contribution in [0.3, 0.4) is 0 Å². The van der Waals surface area contributed by atoms with Crippen LogP contribution in [0.15, 0.2) is 24.3 Å². The molecule has 1 aromatic rings. The van der Waals surface area contributed by atoms with Crippen molar-refractivity contribution in [3.63, 3.8) is 0 Å². The lowest BCUT2D eigenvalue weighted by Gasteiger charge is -2.27. The summed E-state index contributed by atoms with van der Waals surface area (Å²) in [6.45, 7) is 4.03. The molecule has 0 spiro atoms. The number of carbonyl (C=O) groups is 1. The van der Waals surface area contributed by atoms with Gasteiger partial charge in [0, 0.05) is 25.3 Å². The van der Waals surface area contributed by atoms with Crippen LogP contribution < -0.4 is 10.6 Å². The van der Waals surface area contributed by atoms with E-state index in [0.717, 1.165) is 51.1 Å². The molecule has 1 amide bonds. The summed E-state index contributed by atoms with van der Waals surface area (Å²) >= 11 is 0. The molecule has 0 aliphatic carbocycles. The van der Waals surface area contributed by atoms with Gasteiger partial charge in [0.25, 0.3) is 0 Å². The number of benzene rings is 1. The lowest BCUT2D eigenvalue weighted by Crippen LogP contribution is -2.45. The smallest absolute Gasteiger partial charge is 0.241 e. The number of carbonyl (C=O) groups excluding carboxylic acids is 1. The Morgan fingerprint density at radius 1 is 1.16 bits per heavy atom. The largest absolute Gasteiger partial charge is 0.324 e. The fourth-order valence-electron chi connectivity index (χ4n) is 3.03. The summed E-state index contributed by atoms with van der Waals surface area (Å²) in [5, 5.41) is 6.48. The second kappa shape index (κ2) is 5.72. The molecule has 0 saturated carbocycles. The van der Waals surface area contributed by atoms with E-state index in [1.54, 1.807) is 0 Å². The number of nitrogens with one attached hydrogen (secondary N) is 2. The standard InChI is InChI=1S/C15H21N3O/c19-15-14(18-10-3-8-16-9-11-18)7-6-12-4-1-2-5-13(12)17-15/h1-2,4-5,14,16H,3,6-11H2,(H,17,19)/t14-/m0/s1. The topological polar surface area (TPSA) is 44.4 Å². The van der Waals surface area contributed by atoms with Crippen molar-refractivity contribution in [3.05, 3.63) is 29.8 Å². The number of para-hydroxylation sites is 1. The second-order valence-electron chi connectivity index (χ2n) is 5.34. The molecule has 4 nitrogen and oxygen atoms in total. The van der Waals surface area contributed by atoms with Gasteiger partial charge in [0.1, 0.15) is 0 Å². The van der Waals surface area contributed by atoms with Gasteiger partial charge in [0.05, 0.1) is 6.04 Å². The fraction of sp³-hybridized carbons (Fsp3) is 0.533. The van der Waals surface area contributed by atoms with E-state index in [9.17, 15) is 4.79 Å². The zero-order valence-electron chi connectivity index (χ0n) is 11.2. The van der Waals surface area contributed by atoms with E-state index in [-0.39, 0.29) is 11.9 Å². The normalized spacial score (nSPS) is 25.1. The van der Waals surface area contributed by atoms with Gasteiger partial charge in [-0.25, -0.2) is 0 Å². The van der Waals surface area contributed by atoms with Gasteiger partial charge in [-0.1, -0.05) is 18.2 Å². The summed E-state index contributed by atoms with van der Waals surface area (Å²) in [7, 11) is 0. The summed E-state index contributed by atoms with van der Waals surface area (Å²) in [5.41, 5.74) is 2.24. The van der Waals surface area contributed by atoms with E-state index in [4.69, 9.17) is 0 Å². The highest BCUT2D eigenvalue weighted by atomic mass is 16.2. The van der Waals surface area contributed by atoms with Crippen molar-refractivity contribution in [1.82, 2.24) is 10.2 Å². The molecule has 1 atom stereocenters. The first kappa shape index (κ1) is 12.6. The van der Waals surface area contributed by atoms with Gasteiger partial charge in [-0.15, -0.1) is 0 Å². The van der Waals surface area contributed by atoms with E-state index < -0.39 is 0 Å². The number of hydrogen-bond acceptors (Lipinski definition) is 3. The number of nitrogens with zero attached hydrogens (tertiary/aromatic N) is 1. The molecule has 102 valence electrons. The molecule has 0 aromatic heterocycles. The summed E-state index contributed by atoms with van der Waals surface area (Å²) in [4.78, 5) is 14.7. The summed E-state index contributed by atoms with van der Waals surface area (Å²) in [6.07, 6.45) is 3.02. The highest BCUT2D eigenvalue weighted by Gasteiger charge is 2.28. The Hall–Kier alpha value is -1.39. The lowest BCUT2D eigenvalue weighted by atomic mass is 10.0. The number of amides is 1. The highest BCUT2D eigenvalue weighted by molar-refractivity contribution is 5.96. The monoisotopic (exact) mass is 259 g/mol. The number of rotatable bonds is 1. The Bertz CT molecular complexity index is 452. The Kier molecular flexibility index (Phi) is 3.80. The van der Waals surface area contributed by atoms with Crippen LogP contribution in [0.2, 0.25) is 0 Å². The van der Waals surface area contributed by atoms with Crippen LogP contribution in [0, 0.1) is 0 Å². The second-order valence-corrected chi connectivity index (χ2v) is 5.34. The van der Waals surface area contributed by atoms with E-state index in [2.05, 4.69) is 21.6 Å². The third kappa shape index (κ3) is 2.80. The molecular formula is C15H21N3O. The van der Waals surface area contributed by atoms with Gasteiger partial charge >= 0.3 is 0 Å². The molecular weight excluding hydrogens is 238 g/mol. The molecule has 1 aromatic carbocycles. The van der Waals surface area contributed by atoms with Crippen LogP contribution in [-0.4, -0.2) is 43.0 Å². The molecule has 0 radical (unpaired) electrons. The SMILES string of the molecule is O=C1Nc2ccccc2CC[C@@H]1N1CCCNCC1.